The first-order chi connectivity index (χ1) is 28.5. The average molecular weight is 857 g/mol. The molecule has 9 heteroatoms. The van der Waals surface area contributed by atoms with E-state index in [1.807, 2.05) is 27.2 Å². The minimum atomic E-state index is -4.58. The van der Waals surface area contributed by atoms with E-state index in [2.05, 4.69) is 19.2 Å². The minimum absolute atomic E-state index is 0.00209. The number of aliphatic hydroxyl groups is 1. The predicted octanol–water partition coefficient (Wildman–Crippen LogP) is 14.1. The second-order valence-electron chi connectivity index (χ2n) is 18.9. The lowest BCUT2D eigenvalue weighted by atomic mass is 10.0. The maximum absolute atomic E-state index is 12.9. The fraction of sp³-hybridized carbons (Fsp3) is 0.940. The predicted molar refractivity (Wildman–Crippen MR) is 252 cm³/mol. The van der Waals surface area contributed by atoms with Gasteiger partial charge in [0.1, 0.15) is 13.2 Å². The van der Waals surface area contributed by atoms with Crippen LogP contribution in [0.1, 0.15) is 251 Å². The van der Waals surface area contributed by atoms with Crippen LogP contribution in [0.25, 0.3) is 0 Å². The van der Waals surface area contributed by atoms with Gasteiger partial charge < -0.3 is 28.8 Å². The van der Waals surface area contributed by atoms with Crippen LogP contribution in [0.5, 0.6) is 0 Å². The van der Waals surface area contributed by atoms with E-state index in [9.17, 15) is 19.4 Å². The van der Waals surface area contributed by atoms with Crippen LogP contribution in [0.15, 0.2) is 12.2 Å². The highest BCUT2D eigenvalue weighted by Crippen LogP contribution is 2.38. The van der Waals surface area contributed by atoms with Gasteiger partial charge in [0.05, 0.1) is 39.9 Å². The molecule has 352 valence electrons. The minimum Gasteiger partial charge on any atom is -0.756 e. The van der Waals surface area contributed by atoms with Crippen molar-refractivity contribution in [1.82, 2.24) is 5.32 Å². The molecule has 1 unspecified atom stereocenters. The number of quaternary nitrogens is 1. The second kappa shape index (κ2) is 42.5. The Kier molecular flexibility index (Phi) is 42.0. The molecule has 0 rings (SSSR count). The molecule has 0 heterocycles. The number of amides is 1. The van der Waals surface area contributed by atoms with E-state index in [4.69, 9.17) is 9.05 Å². The summed E-state index contributed by atoms with van der Waals surface area (Å²) in [6, 6.07) is -0.879. The molecule has 1 amide bonds. The fourth-order valence-corrected chi connectivity index (χ4v) is 8.41. The number of hydrogen-bond donors (Lipinski definition) is 2. The molecule has 2 N–H and O–H groups in total. The molecule has 0 radical (unpaired) electrons. The zero-order valence-electron chi connectivity index (χ0n) is 40.0. The second-order valence-corrected chi connectivity index (χ2v) is 20.3. The van der Waals surface area contributed by atoms with Crippen LogP contribution in [0.4, 0.5) is 0 Å². The molecule has 0 aliphatic rings. The lowest BCUT2D eigenvalue weighted by molar-refractivity contribution is -0.870. The SMILES string of the molecule is CCCCCCCCCCC/C=C/[C@@H](O)[C@H](COP(=O)([O-])OCC[N+](C)(C)C)NC(=O)CCCCCCCCCCCCCCCCCCCCCCCCCCCC. The molecule has 59 heavy (non-hydrogen) atoms. The third kappa shape index (κ3) is 45.1. The molecule has 0 aromatic rings. The normalized spacial score (nSPS) is 14.2. The summed E-state index contributed by atoms with van der Waals surface area (Å²) in [6.07, 6.45) is 50.0. The fourth-order valence-electron chi connectivity index (χ4n) is 7.68. The van der Waals surface area contributed by atoms with Crippen molar-refractivity contribution in [3.8, 4) is 0 Å². The number of aliphatic hydroxyl groups excluding tert-OH is 1. The number of unbranched alkanes of at least 4 members (excludes halogenated alkanes) is 34. The van der Waals surface area contributed by atoms with E-state index >= 15 is 0 Å². The Morgan fingerprint density at radius 3 is 1.27 bits per heavy atom. The Morgan fingerprint density at radius 1 is 0.576 bits per heavy atom. The van der Waals surface area contributed by atoms with E-state index in [0.29, 0.717) is 17.4 Å². The molecule has 0 aliphatic heterocycles. The van der Waals surface area contributed by atoms with Crippen molar-refractivity contribution >= 4 is 13.7 Å². The molecule has 0 bridgehead atoms. The van der Waals surface area contributed by atoms with Crippen molar-refractivity contribution in [2.75, 3.05) is 40.9 Å². The number of hydrogen-bond acceptors (Lipinski definition) is 6. The summed E-state index contributed by atoms with van der Waals surface area (Å²) in [4.78, 5) is 25.3. The van der Waals surface area contributed by atoms with Crippen molar-refractivity contribution in [1.29, 1.82) is 0 Å². The van der Waals surface area contributed by atoms with Crippen molar-refractivity contribution < 1.29 is 32.9 Å². The molecule has 0 spiro atoms. The number of rotatable bonds is 47. The van der Waals surface area contributed by atoms with Gasteiger partial charge in [-0.2, -0.15) is 0 Å². The number of phosphoric ester groups is 1. The summed E-state index contributed by atoms with van der Waals surface area (Å²) >= 11 is 0. The van der Waals surface area contributed by atoms with Crippen LogP contribution >= 0.6 is 7.82 Å². The Hall–Kier alpha value is -0.760. The molecular formula is C50H101N2O6P. The molecule has 0 saturated carbocycles. The summed E-state index contributed by atoms with van der Waals surface area (Å²) in [5.74, 6) is -0.194. The largest absolute Gasteiger partial charge is 0.756 e. The molecule has 0 fully saturated rings. The van der Waals surface area contributed by atoms with Crippen LogP contribution in [0, 0.1) is 0 Å². The van der Waals surface area contributed by atoms with Gasteiger partial charge in [0.15, 0.2) is 0 Å². The van der Waals surface area contributed by atoms with Gasteiger partial charge in [-0.15, -0.1) is 0 Å². The van der Waals surface area contributed by atoms with Crippen LogP contribution in [0.2, 0.25) is 0 Å². The monoisotopic (exact) mass is 857 g/mol. The first-order valence-corrected chi connectivity index (χ1v) is 27.0. The number of nitrogens with one attached hydrogen (secondary N) is 1. The third-order valence-corrected chi connectivity index (χ3v) is 12.7. The van der Waals surface area contributed by atoms with Gasteiger partial charge in [0, 0.05) is 6.42 Å². The van der Waals surface area contributed by atoms with Crippen molar-refractivity contribution in [2.45, 2.75) is 264 Å². The van der Waals surface area contributed by atoms with Crippen LogP contribution < -0.4 is 10.2 Å². The summed E-state index contributed by atoms with van der Waals surface area (Å²) in [7, 11) is 1.27. The Labute approximate surface area is 367 Å². The first kappa shape index (κ1) is 58.2. The highest BCUT2D eigenvalue weighted by molar-refractivity contribution is 7.45. The number of nitrogens with zero attached hydrogens (tertiary/aromatic N) is 1. The number of carbonyl (C=O) groups excluding carboxylic acids is 1. The smallest absolute Gasteiger partial charge is 0.268 e. The zero-order chi connectivity index (χ0) is 43.6. The number of carbonyl (C=O) groups is 1. The third-order valence-electron chi connectivity index (χ3n) is 11.7. The topological polar surface area (TPSA) is 108 Å². The Bertz CT molecular complexity index is 974. The zero-order valence-corrected chi connectivity index (χ0v) is 40.9. The standard InChI is InChI=1S/C50H101N2O6P/c1-6-8-10-12-14-16-18-19-20-21-22-23-24-25-26-27-28-29-30-31-32-34-36-38-40-42-44-50(54)51-48(47-58-59(55,56)57-46-45-52(3,4)5)49(53)43-41-39-37-35-33-17-15-13-11-9-7-2/h41,43,48-49,53H,6-40,42,44-47H2,1-5H3,(H-,51,54,55,56)/b43-41+/t48-,49+/m0/s1. The van der Waals surface area contributed by atoms with E-state index in [0.717, 1.165) is 38.5 Å². The van der Waals surface area contributed by atoms with Crippen LogP contribution in [0.3, 0.4) is 0 Å². The maximum atomic E-state index is 12.9. The van der Waals surface area contributed by atoms with E-state index in [-0.39, 0.29) is 19.1 Å². The van der Waals surface area contributed by atoms with Crippen molar-refractivity contribution in [3.05, 3.63) is 12.2 Å². The summed E-state index contributed by atoms with van der Waals surface area (Å²) in [6.45, 7) is 4.66. The molecule has 0 aromatic heterocycles. The highest BCUT2D eigenvalue weighted by atomic mass is 31.2. The van der Waals surface area contributed by atoms with Gasteiger partial charge in [-0.05, 0) is 19.3 Å². The van der Waals surface area contributed by atoms with E-state index in [1.54, 1.807) is 6.08 Å². The van der Waals surface area contributed by atoms with Crippen molar-refractivity contribution in [3.63, 3.8) is 0 Å². The van der Waals surface area contributed by atoms with Crippen LogP contribution in [-0.2, 0) is 18.4 Å². The van der Waals surface area contributed by atoms with Gasteiger partial charge in [0.25, 0.3) is 7.82 Å². The Balaban J connectivity index is 4.09. The maximum Gasteiger partial charge on any atom is 0.268 e. The van der Waals surface area contributed by atoms with Gasteiger partial charge in [0.2, 0.25) is 5.91 Å². The summed E-state index contributed by atoms with van der Waals surface area (Å²) in [5, 5.41) is 13.8. The molecule has 0 saturated heterocycles. The number of phosphoric acid groups is 1. The molecule has 8 nitrogen and oxygen atoms in total. The van der Waals surface area contributed by atoms with E-state index in [1.165, 1.54) is 193 Å². The first-order valence-electron chi connectivity index (χ1n) is 25.6. The number of likely N-dealkylation sites (N-methyl/N-ethyl adjacent to an activating group) is 1. The van der Waals surface area contributed by atoms with Crippen LogP contribution in [-0.4, -0.2) is 68.5 Å². The molecule has 0 aliphatic carbocycles. The number of allylic oxidation sites excluding steroid dienone is 1. The molecule has 3 atom stereocenters. The lowest BCUT2D eigenvalue weighted by Crippen LogP contribution is -2.45. The van der Waals surface area contributed by atoms with Gasteiger partial charge in [-0.25, -0.2) is 0 Å². The molecule has 0 aromatic carbocycles. The summed E-state index contributed by atoms with van der Waals surface area (Å²) in [5.41, 5.74) is 0. The molecular weight excluding hydrogens is 756 g/mol. The quantitative estimate of drug-likeness (QED) is 0.0273. The average Bonchev–Trinajstić information content (AvgIpc) is 3.19. The van der Waals surface area contributed by atoms with E-state index < -0.39 is 20.0 Å². The van der Waals surface area contributed by atoms with Gasteiger partial charge in [-0.1, -0.05) is 238 Å². The summed E-state index contributed by atoms with van der Waals surface area (Å²) < 4.78 is 23.2. The van der Waals surface area contributed by atoms with Gasteiger partial charge in [-0.3, -0.25) is 9.36 Å². The highest BCUT2D eigenvalue weighted by Gasteiger charge is 2.23. The van der Waals surface area contributed by atoms with Crippen molar-refractivity contribution in [2.24, 2.45) is 0 Å². The lowest BCUT2D eigenvalue weighted by Gasteiger charge is -2.29. The van der Waals surface area contributed by atoms with Gasteiger partial charge >= 0.3 is 0 Å². The Morgan fingerprint density at radius 2 is 0.915 bits per heavy atom.